The molecule has 2 atom stereocenters. The normalized spacial score (nSPS) is 18.2. The molecule has 5 rings (SSSR count). The summed E-state index contributed by atoms with van der Waals surface area (Å²) in [4.78, 5) is 0.213. The Labute approximate surface area is 237 Å². The molecule has 1 aromatic heterocycles. The van der Waals surface area contributed by atoms with Crippen molar-refractivity contribution in [1.82, 2.24) is 19.3 Å². The number of sulfonamides is 1. The number of nitrogens with zero attached hydrogens (tertiary/aromatic N) is 4. The first-order chi connectivity index (χ1) is 19.0. The Morgan fingerprint density at radius 3 is 2.55 bits per heavy atom. The number of nitrogens with two attached hydrogens (primary N) is 1. The van der Waals surface area contributed by atoms with E-state index in [0.29, 0.717) is 12.2 Å². The molecule has 4 aromatic rings. The van der Waals surface area contributed by atoms with Crippen LogP contribution in [0.3, 0.4) is 0 Å². The first kappa shape index (κ1) is 28.3. The van der Waals surface area contributed by atoms with Crippen molar-refractivity contribution in [3.05, 3.63) is 82.4 Å². The average molecular weight is 562 g/mol. The molecule has 1 aliphatic heterocycles. The fourth-order valence-corrected chi connectivity index (χ4v) is 7.34. The Balaban J connectivity index is 1.58. The zero-order valence-corrected chi connectivity index (χ0v) is 25.0. The zero-order chi connectivity index (χ0) is 28.8. The molecule has 3 aromatic carbocycles. The molecule has 0 radical (unpaired) electrons. The van der Waals surface area contributed by atoms with E-state index in [9.17, 15) is 8.42 Å². The monoisotopic (exact) mass is 561 g/mol. The molecule has 2 N–H and O–H groups in total. The van der Waals surface area contributed by atoms with Gasteiger partial charge in [0.1, 0.15) is 22.3 Å². The van der Waals surface area contributed by atoms with Gasteiger partial charge in [0.25, 0.3) is 0 Å². The van der Waals surface area contributed by atoms with Crippen molar-refractivity contribution in [2.45, 2.75) is 83.5 Å². The van der Waals surface area contributed by atoms with Crippen LogP contribution in [0.25, 0.3) is 11.0 Å². The number of aryl methyl sites for hydroxylation is 3. The van der Waals surface area contributed by atoms with E-state index in [1.54, 1.807) is 28.6 Å². The molecule has 0 unspecified atom stereocenters. The second-order valence-electron chi connectivity index (χ2n) is 11.4. The van der Waals surface area contributed by atoms with E-state index in [1.807, 2.05) is 32.4 Å². The highest BCUT2D eigenvalue weighted by atomic mass is 32.2. The molecule has 0 bridgehead atoms. The number of aromatic nitrogens is 3. The highest BCUT2D eigenvalue weighted by Crippen LogP contribution is 2.39. The third-order valence-corrected chi connectivity index (χ3v) is 9.86. The number of para-hydroxylation sites is 1. The second kappa shape index (κ2) is 10.6. The van der Waals surface area contributed by atoms with Crippen molar-refractivity contribution < 1.29 is 13.2 Å². The summed E-state index contributed by atoms with van der Waals surface area (Å²) in [7, 11) is -3.76. The van der Waals surface area contributed by atoms with E-state index in [0.717, 1.165) is 45.4 Å². The minimum Gasteiger partial charge on any atom is -0.488 e. The van der Waals surface area contributed by atoms with Gasteiger partial charge in [-0.2, -0.15) is 4.31 Å². The van der Waals surface area contributed by atoms with Crippen molar-refractivity contribution in [2.75, 3.05) is 6.54 Å². The largest absolute Gasteiger partial charge is 0.488 e. The Morgan fingerprint density at radius 1 is 1.10 bits per heavy atom. The molecule has 0 fully saturated rings. The van der Waals surface area contributed by atoms with Crippen molar-refractivity contribution in [1.29, 1.82) is 0 Å². The van der Waals surface area contributed by atoms with Crippen LogP contribution >= 0.6 is 0 Å². The molecule has 0 spiro atoms. The number of rotatable bonds is 7. The minimum atomic E-state index is -3.76. The predicted molar refractivity (Wildman–Crippen MR) is 158 cm³/mol. The smallest absolute Gasteiger partial charge is 0.247 e. The molecule has 212 valence electrons. The molecular formula is C31H39N5O3S. The van der Waals surface area contributed by atoms with Crippen LogP contribution in [-0.2, 0) is 23.1 Å². The summed E-state index contributed by atoms with van der Waals surface area (Å²) in [6.45, 7) is 13.5. The number of benzene rings is 3. The van der Waals surface area contributed by atoms with Gasteiger partial charge in [-0.3, -0.25) is 0 Å². The van der Waals surface area contributed by atoms with Gasteiger partial charge in [0.05, 0.1) is 12.1 Å². The van der Waals surface area contributed by atoms with E-state index < -0.39 is 15.6 Å². The van der Waals surface area contributed by atoms with Crippen LogP contribution in [0.2, 0.25) is 0 Å². The lowest BCUT2D eigenvalue weighted by Crippen LogP contribution is -2.40. The Bertz CT molecular complexity index is 1660. The summed E-state index contributed by atoms with van der Waals surface area (Å²) in [5, 5.41) is 8.78. The molecule has 1 aliphatic rings. The van der Waals surface area contributed by atoms with Crippen LogP contribution in [0, 0.1) is 13.8 Å². The van der Waals surface area contributed by atoms with Gasteiger partial charge in [-0.15, -0.1) is 5.10 Å². The number of hydrogen-bond acceptors (Lipinski definition) is 6. The number of hydrogen-bond donors (Lipinski definition) is 1. The van der Waals surface area contributed by atoms with Gasteiger partial charge in [-0.25, -0.2) is 13.1 Å². The molecule has 0 aliphatic carbocycles. The van der Waals surface area contributed by atoms with Gasteiger partial charge < -0.3 is 10.5 Å². The van der Waals surface area contributed by atoms with Gasteiger partial charge >= 0.3 is 0 Å². The Hall–Kier alpha value is -3.27. The second-order valence-corrected chi connectivity index (χ2v) is 13.3. The van der Waals surface area contributed by atoms with E-state index in [4.69, 9.17) is 10.5 Å². The van der Waals surface area contributed by atoms with E-state index in [1.165, 1.54) is 0 Å². The summed E-state index contributed by atoms with van der Waals surface area (Å²) in [5.74, 6) is 0.273. The van der Waals surface area contributed by atoms with Gasteiger partial charge in [-0.1, -0.05) is 48.5 Å². The van der Waals surface area contributed by atoms with E-state index >= 15 is 0 Å². The number of fused-ring (bicyclic) bond motifs is 2. The molecule has 8 nitrogen and oxygen atoms in total. The van der Waals surface area contributed by atoms with Gasteiger partial charge in [0.15, 0.2) is 0 Å². The molecule has 0 saturated carbocycles. The van der Waals surface area contributed by atoms with Crippen LogP contribution in [0.15, 0.2) is 59.5 Å². The lowest BCUT2D eigenvalue weighted by Gasteiger charge is -2.33. The lowest BCUT2D eigenvalue weighted by atomic mass is 9.75. The molecule has 9 heteroatoms. The van der Waals surface area contributed by atoms with Crippen molar-refractivity contribution in [3.8, 4) is 5.75 Å². The predicted octanol–water partition coefficient (Wildman–Crippen LogP) is 5.30. The lowest BCUT2D eigenvalue weighted by molar-refractivity contribution is 0.168. The molecular weight excluding hydrogens is 522 g/mol. The average Bonchev–Trinajstić information content (AvgIpc) is 3.30. The van der Waals surface area contributed by atoms with Crippen molar-refractivity contribution in [3.63, 3.8) is 0 Å². The summed E-state index contributed by atoms with van der Waals surface area (Å²) >= 11 is 0. The summed E-state index contributed by atoms with van der Waals surface area (Å²) < 4.78 is 37.2. The van der Waals surface area contributed by atoms with Gasteiger partial charge in [-0.05, 0) is 87.1 Å². The quantitative estimate of drug-likeness (QED) is 0.329. The molecule has 40 heavy (non-hydrogen) atoms. The zero-order valence-electron chi connectivity index (χ0n) is 24.2. The van der Waals surface area contributed by atoms with Gasteiger partial charge in [0, 0.05) is 24.5 Å². The van der Waals surface area contributed by atoms with Crippen molar-refractivity contribution >= 4 is 21.1 Å². The van der Waals surface area contributed by atoms with Crippen LogP contribution in [0.4, 0.5) is 0 Å². The van der Waals surface area contributed by atoms with Crippen LogP contribution in [-0.4, -0.2) is 45.9 Å². The Kier molecular flexibility index (Phi) is 7.50. The van der Waals surface area contributed by atoms with Gasteiger partial charge in [0.2, 0.25) is 10.0 Å². The maximum atomic E-state index is 13.8. The van der Waals surface area contributed by atoms with E-state index in [-0.39, 0.29) is 30.0 Å². The minimum absolute atomic E-state index is 0.142. The fourth-order valence-electron chi connectivity index (χ4n) is 5.77. The SMILES string of the molecule is CC[C@@H]1CN(Cc2cc([C@@H](c3ccc4c(nnn4CC)c3C)C(C)(C)N)ccc2C)S(=O)(=O)c2ccccc2O1. The molecule has 0 saturated heterocycles. The fraction of sp³-hybridized carbons (Fsp3) is 0.419. The van der Waals surface area contributed by atoms with Crippen LogP contribution < -0.4 is 10.5 Å². The standard InChI is InChI=1S/C31H39N5O3S/c1-7-24-19-35(40(37,38)28-12-10-9-11-27(28)39-24)18-23-17-22(14-13-20(23)3)29(31(5,6)32)25-15-16-26-30(21(25)4)33-34-36(26)8-2/h9-17,24,29H,7-8,18-19,32H2,1-6H3/t24-,29+/m1/s1. The molecule has 2 heterocycles. The van der Waals surface area contributed by atoms with Crippen LogP contribution in [0.5, 0.6) is 5.75 Å². The first-order valence-electron chi connectivity index (χ1n) is 13.9. The maximum Gasteiger partial charge on any atom is 0.247 e. The highest BCUT2D eigenvalue weighted by Gasteiger charge is 2.35. The topological polar surface area (TPSA) is 103 Å². The summed E-state index contributed by atoms with van der Waals surface area (Å²) in [6, 6.07) is 17.4. The Morgan fingerprint density at radius 2 is 1.85 bits per heavy atom. The number of ether oxygens (including phenoxy) is 1. The third-order valence-electron chi connectivity index (χ3n) is 8.01. The highest BCUT2D eigenvalue weighted by molar-refractivity contribution is 7.89. The van der Waals surface area contributed by atoms with Crippen LogP contribution in [0.1, 0.15) is 67.9 Å². The third kappa shape index (κ3) is 5.02. The van der Waals surface area contributed by atoms with E-state index in [2.05, 4.69) is 54.5 Å². The molecule has 0 amide bonds. The maximum absolute atomic E-state index is 13.8. The summed E-state index contributed by atoms with van der Waals surface area (Å²) in [6.07, 6.45) is 0.469. The summed E-state index contributed by atoms with van der Waals surface area (Å²) in [5.41, 5.74) is 13.3. The van der Waals surface area contributed by atoms with Crippen molar-refractivity contribution in [2.24, 2.45) is 5.73 Å². The first-order valence-corrected chi connectivity index (χ1v) is 15.4.